The van der Waals surface area contributed by atoms with E-state index in [9.17, 15) is 5.11 Å². The van der Waals surface area contributed by atoms with Crippen LogP contribution in [0.25, 0.3) is 11.0 Å². The van der Waals surface area contributed by atoms with E-state index in [0.29, 0.717) is 19.8 Å². The second kappa shape index (κ2) is 6.59. The largest absolute Gasteiger partial charge is 0.488 e. The fourth-order valence-corrected chi connectivity index (χ4v) is 4.72. The van der Waals surface area contributed by atoms with E-state index in [1.54, 1.807) is 0 Å². The number of aliphatic hydroxyl groups is 1. The Bertz CT molecular complexity index is 809. The van der Waals surface area contributed by atoms with Gasteiger partial charge in [-0.2, -0.15) is 0 Å². The molecular weight excluding hydrogens is 338 g/mol. The lowest BCUT2D eigenvalue weighted by molar-refractivity contribution is -0.131. The van der Waals surface area contributed by atoms with Crippen molar-refractivity contribution in [1.29, 1.82) is 0 Å². The van der Waals surface area contributed by atoms with Crippen molar-refractivity contribution in [3.05, 3.63) is 40.6 Å². The number of aryl methyl sites for hydroxylation is 1. The second-order valence-corrected chi connectivity index (χ2v) is 7.79. The normalized spacial score (nSPS) is 19.6. The Morgan fingerprint density at radius 1 is 1.28 bits per heavy atom. The third-order valence-corrected chi connectivity index (χ3v) is 6.20. The Labute approximate surface area is 151 Å². The summed E-state index contributed by atoms with van der Waals surface area (Å²) >= 11 is 1.81. The molecule has 0 saturated carbocycles. The predicted molar refractivity (Wildman–Crippen MR) is 98.7 cm³/mol. The topological polar surface area (TPSA) is 55.1 Å². The van der Waals surface area contributed by atoms with Crippen molar-refractivity contribution >= 4 is 22.7 Å². The zero-order valence-corrected chi connectivity index (χ0v) is 15.4. The third-order valence-electron chi connectivity index (χ3n) is 5.05. The summed E-state index contributed by atoms with van der Waals surface area (Å²) in [7, 11) is 0. The van der Waals surface area contributed by atoms with Gasteiger partial charge >= 0.3 is 0 Å². The van der Waals surface area contributed by atoms with E-state index in [1.807, 2.05) is 43.0 Å². The van der Waals surface area contributed by atoms with Gasteiger partial charge in [0.2, 0.25) is 0 Å². The number of rotatable bonds is 6. The number of hydrogen-bond donors (Lipinski definition) is 1. The maximum absolute atomic E-state index is 9.38. The molecule has 2 aromatic rings. The lowest BCUT2D eigenvalue weighted by Crippen LogP contribution is -2.61. The lowest BCUT2D eigenvalue weighted by Gasteiger charge is -2.49. The number of hydrogen-bond acceptors (Lipinski definition) is 6. The number of benzene rings is 1. The van der Waals surface area contributed by atoms with E-state index < -0.39 is 0 Å². The van der Waals surface area contributed by atoms with Crippen molar-refractivity contribution in [3.8, 4) is 5.75 Å². The van der Waals surface area contributed by atoms with Gasteiger partial charge in [0.15, 0.2) is 0 Å². The number of nitrogens with zero attached hydrogens (tertiary/aromatic N) is 1. The zero-order valence-electron chi connectivity index (χ0n) is 14.6. The summed E-state index contributed by atoms with van der Waals surface area (Å²) < 4.78 is 17.1. The highest BCUT2D eigenvalue weighted by atomic mass is 32.2. The fourth-order valence-electron chi connectivity index (χ4n) is 3.51. The molecule has 1 fully saturated rings. The van der Waals surface area contributed by atoms with E-state index in [0.717, 1.165) is 34.8 Å². The van der Waals surface area contributed by atoms with Crippen LogP contribution in [0.4, 0.5) is 0 Å². The summed E-state index contributed by atoms with van der Waals surface area (Å²) in [5.74, 6) is 2.66. The summed E-state index contributed by atoms with van der Waals surface area (Å²) in [6.07, 6.45) is 0.746. The Kier molecular flexibility index (Phi) is 4.43. The number of furan rings is 1. The van der Waals surface area contributed by atoms with Gasteiger partial charge in [-0.05, 0) is 44.5 Å². The van der Waals surface area contributed by atoms with Gasteiger partial charge in [-0.3, -0.25) is 0 Å². The standard InChI is InChI=1S/C19H23NO4S/c1-13-7-15-8-16(3-4-17(15)24-13)23-9-18-14(2)20(12-25-18)19(5-6-21)10-22-11-19/h3-4,7-8,21H,5-6,9-12H2,1-2H3. The first-order chi connectivity index (χ1) is 12.1. The van der Waals surface area contributed by atoms with Crippen LogP contribution in [0.5, 0.6) is 5.75 Å². The predicted octanol–water partition coefficient (Wildman–Crippen LogP) is 3.51. The molecule has 4 rings (SSSR count). The van der Waals surface area contributed by atoms with Crippen LogP contribution in [0, 0.1) is 6.92 Å². The molecular formula is C19H23NO4S. The van der Waals surface area contributed by atoms with Gasteiger partial charge in [0.1, 0.15) is 23.7 Å². The average molecular weight is 361 g/mol. The summed E-state index contributed by atoms with van der Waals surface area (Å²) in [6, 6.07) is 7.95. The van der Waals surface area contributed by atoms with Crippen molar-refractivity contribution in [2.45, 2.75) is 25.8 Å². The molecule has 6 heteroatoms. The lowest BCUT2D eigenvalue weighted by atomic mass is 9.91. The molecule has 2 aliphatic heterocycles. The maximum Gasteiger partial charge on any atom is 0.134 e. The Morgan fingerprint density at radius 3 is 2.84 bits per heavy atom. The summed E-state index contributed by atoms with van der Waals surface area (Å²) in [5, 5.41) is 10.4. The smallest absolute Gasteiger partial charge is 0.134 e. The first kappa shape index (κ1) is 16.8. The molecule has 0 bridgehead atoms. The highest BCUT2D eigenvalue weighted by Crippen LogP contribution is 2.41. The molecule has 2 aliphatic rings. The average Bonchev–Trinajstić information content (AvgIpc) is 3.10. The van der Waals surface area contributed by atoms with Crippen LogP contribution in [-0.4, -0.2) is 47.8 Å². The number of ether oxygens (including phenoxy) is 2. The molecule has 3 heterocycles. The van der Waals surface area contributed by atoms with Crippen LogP contribution in [-0.2, 0) is 4.74 Å². The van der Waals surface area contributed by atoms with E-state index in [1.165, 1.54) is 10.6 Å². The monoisotopic (exact) mass is 361 g/mol. The molecule has 0 amide bonds. The van der Waals surface area contributed by atoms with Gasteiger partial charge in [0.25, 0.3) is 0 Å². The molecule has 1 aromatic heterocycles. The Morgan fingerprint density at radius 2 is 2.12 bits per heavy atom. The molecule has 0 unspecified atom stereocenters. The van der Waals surface area contributed by atoms with Crippen LogP contribution in [0.1, 0.15) is 19.1 Å². The molecule has 0 atom stereocenters. The first-order valence-corrected chi connectivity index (χ1v) is 9.52. The highest BCUT2D eigenvalue weighted by molar-refractivity contribution is 8.03. The Balaban J connectivity index is 1.46. The zero-order chi connectivity index (χ0) is 17.4. The van der Waals surface area contributed by atoms with Crippen LogP contribution < -0.4 is 4.74 Å². The minimum absolute atomic E-state index is 0.0409. The summed E-state index contributed by atoms with van der Waals surface area (Å²) in [6.45, 7) is 6.22. The molecule has 1 saturated heterocycles. The SMILES string of the molecule is CC1=C(COc2ccc3oc(C)cc3c2)SCN1C1(CCO)COC1. The van der Waals surface area contributed by atoms with Gasteiger partial charge in [-0.15, -0.1) is 11.8 Å². The summed E-state index contributed by atoms with van der Waals surface area (Å²) in [4.78, 5) is 3.62. The molecule has 25 heavy (non-hydrogen) atoms. The maximum atomic E-state index is 9.38. The van der Waals surface area contributed by atoms with Gasteiger partial charge in [0, 0.05) is 22.6 Å². The van der Waals surface area contributed by atoms with Gasteiger partial charge in [0.05, 0.1) is 24.6 Å². The van der Waals surface area contributed by atoms with Crippen molar-refractivity contribution in [1.82, 2.24) is 4.90 Å². The molecule has 134 valence electrons. The first-order valence-electron chi connectivity index (χ1n) is 8.53. The van der Waals surface area contributed by atoms with E-state index in [-0.39, 0.29) is 12.1 Å². The van der Waals surface area contributed by atoms with E-state index in [2.05, 4.69) is 11.8 Å². The van der Waals surface area contributed by atoms with E-state index >= 15 is 0 Å². The van der Waals surface area contributed by atoms with Crippen molar-refractivity contribution in [3.63, 3.8) is 0 Å². The number of aliphatic hydroxyl groups excluding tert-OH is 1. The van der Waals surface area contributed by atoms with Crippen LogP contribution in [0.2, 0.25) is 0 Å². The molecule has 0 aliphatic carbocycles. The van der Waals surface area contributed by atoms with Gasteiger partial charge in [-0.25, -0.2) is 0 Å². The third kappa shape index (κ3) is 3.03. The molecule has 1 N–H and O–H groups in total. The molecule has 1 aromatic carbocycles. The van der Waals surface area contributed by atoms with Crippen LogP contribution in [0.15, 0.2) is 39.3 Å². The quantitative estimate of drug-likeness (QED) is 0.850. The van der Waals surface area contributed by atoms with E-state index in [4.69, 9.17) is 13.9 Å². The van der Waals surface area contributed by atoms with Gasteiger partial charge in [-0.1, -0.05) is 0 Å². The Hall–Kier alpha value is -1.63. The number of thioether (sulfide) groups is 1. The van der Waals surface area contributed by atoms with Crippen molar-refractivity contribution in [2.75, 3.05) is 32.3 Å². The number of fused-ring (bicyclic) bond motifs is 1. The second-order valence-electron chi connectivity index (χ2n) is 6.75. The van der Waals surface area contributed by atoms with Gasteiger partial charge < -0.3 is 23.9 Å². The summed E-state index contributed by atoms with van der Waals surface area (Å²) in [5.41, 5.74) is 2.08. The molecule has 0 radical (unpaired) electrons. The minimum atomic E-state index is -0.0409. The van der Waals surface area contributed by atoms with Crippen LogP contribution in [0.3, 0.4) is 0 Å². The van der Waals surface area contributed by atoms with Crippen molar-refractivity contribution in [2.24, 2.45) is 0 Å². The fraction of sp³-hybridized carbons (Fsp3) is 0.474. The van der Waals surface area contributed by atoms with Crippen LogP contribution >= 0.6 is 11.8 Å². The van der Waals surface area contributed by atoms with Crippen molar-refractivity contribution < 1.29 is 19.0 Å². The highest BCUT2D eigenvalue weighted by Gasteiger charge is 2.46. The molecule has 0 spiro atoms. The molecule has 5 nitrogen and oxygen atoms in total. The number of allylic oxidation sites excluding steroid dienone is 1. The minimum Gasteiger partial charge on any atom is -0.488 e.